The normalized spacial score (nSPS) is 10.3. The van der Waals surface area contributed by atoms with Crippen LogP contribution in [0.1, 0.15) is 11.1 Å². The molecule has 1 heterocycles. The maximum absolute atomic E-state index is 11.9. The SMILES string of the molecule is Cc1cccc(NC(=O)Nc2c(CN)cnn2C)c1. The summed E-state index contributed by atoms with van der Waals surface area (Å²) in [6.07, 6.45) is 1.64. The molecule has 0 radical (unpaired) electrons. The summed E-state index contributed by atoms with van der Waals surface area (Å²) < 4.78 is 1.58. The van der Waals surface area contributed by atoms with E-state index in [1.165, 1.54) is 0 Å². The minimum atomic E-state index is -0.316. The minimum Gasteiger partial charge on any atom is -0.326 e. The first kappa shape index (κ1) is 13.1. The lowest BCUT2D eigenvalue weighted by molar-refractivity contribution is 0.262. The van der Waals surface area contributed by atoms with Crippen molar-refractivity contribution in [2.45, 2.75) is 13.5 Å². The molecule has 6 heteroatoms. The van der Waals surface area contributed by atoms with E-state index in [2.05, 4.69) is 15.7 Å². The number of aryl methyl sites for hydroxylation is 2. The summed E-state index contributed by atoms with van der Waals surface area (Å²) >= 11 is 0. The summed E-state index contributed by atoms with van der Waals surface area (Å²) in [5, 5.41) is 9.57. The van der Waals surface area contributed by atoms with Crippen molar-refractivity contribution in [2.75, 3.05) is 10.6 Å². The molecule has 2 aromatic rings. The largest absolute Gasteiger partial charge is 0.326 e. The van der Waals surface area contributed by atoms with E-state index in [1.54, 1.807) is 17.9 Å². The second-order valence-electron chi connectivity index (χ2n) is 4.29. The quantitative estimate of drug-likeness (QED) is 0.786. The number of carbonyl (C=O) groups excluding carboxylic acids is 1. The Morgan fingerprint density at radius 2 is 2.21 bits per heavy atom. The molecule has 0 fully saturated rings. The molecule has 0 bridgehead atoms. The number of benzene rings is 1. The number of anilines is 2. The standard InChI is InChI=1S/C13H17N5O/c1-9-4-3-5-11(6-9)16-13(19)17-12-10(7-14)8-15-18(12)2/h3-6,8H,7,14H2,1-2H3,(H2,16,17,19). The molecule has 19 heavy (non-hydrogen) atoms. The molecule has 1 aromatic heterocycles. The predicted molar refractivity (Wildman–Crippen MR) is 74.9 cm³/mol. The van der Waals surface area contributed by atoms with Crippen molar-refractivity contribution in [3.8, 4) is 0 Å². The average Bonchev–Trinajstić information content (AvgIpc) is 2.70. The lowest BCUT2D eigenvalue weighted by Crippen LogP contribution is -2.22. The van der Waals surface area contributed by atoms with Gasteiger partial charge in [0.05, 0.1) is 6.20 Å². The molecule has 0 spiro atoms. The molecule has 2 amide bonds. The van der Waals surface area contributed by atoms with Crippen molar-refractivity contribution in [3.05, 3.63) is 41.6 Å². The van der Waals surface area contributed by atoms with Crippen LogP contribution in [0, 0.1) is 6.92 Å². The molecular weight excluding hydrogens is 242 g/mol. The highest BCUT2D eigenvalue weighted by Gasteiger charge is 2.10. The Kier molecular flexibility index (Phi) is 3.82. The van der Waals surface area contributed by atoms with Crippen LogP contribution in [-0.2, 0) is 13.6 Å². The van der Waals surface area contributed by atoms with Gasteiger partial charge >= 0.3 is 6.03 Å². The van der Waals surface area contributed by atoms with Crippen molar-refractivity contribution in [1.82, 2.24) is 9.78 Å². The van der Waals surface area contributed by atoms with Crippen LogP contribution in [0.5, 0.6) is 0 Å². The molecule has 0 aliphatic heterocycles. The maximum atomic E-state index is 11.9. The summed E-state index contributed by atoms with van der Waals surface area (Å²) in [5.41, 5.74) is 8.21. The van der Waals surface area contributed by atoms with E-state index in [-0.39, 0.29) is 6.03 Å². The van der Waals surface area contributed by atoms with Crippen LogP contribution in [0.15, 0.2) is 30.5 Å². The fraction of sp³-hybridized carbons (Fsp3) is 0.231. The highest BCUT2D eigenvalue weighted by atomic mass is 16.2. The first-order valence-electron chi connectivity index (χ1n) is 5.95. The van der Waals surface area contributed by atoms with Crippen molar-refractivity contribution < 1.29 is 4.79 Å². The second kappa shape index (κ2) is 5.53. The second-order valence-corrected chi connectivity index (χ2v) is 4.29. The summed E-state index contributed by atoms with van der Waals surface area (Å²) in [4.78, 5) is 11.9. The van der Waals surface area contributed by atoms with Crippen molar-refractivity contribution in [1.29, 1.82) is 0 Å². The van der Waals surface area contributed by atoms with E-state index < -0.39 is 0 Å². The topological polar surface area (TPSA) is 85.0 Å². The third-order valence-electron chi connectivity index (χ3n) is 2.74. The Hall–Kier alpha value is -2.34. The number of rotatable bonds is 3. The molecule has 0 aliphatic rings. The van der Waals surface area contributed by atoms with Crippen LogP contribution in [0.25, 0.3) is 0 Å². The Morgan fingerprint density at radius 3 is 2.89 bits per heavy atom. The zero-order valence-corrected chi connectivity index (χ0v) is 11.0. The van der Waals surface area contributed by atoms with Gasteiger partial charge in [-0.2, -0.15) is 5.10 Å². The molecule has 0 saturated heterocycles. The van der Waals surface area contributed by atoms with E-state index in [0.717, 1.165) is 16.8 Å². The van der Waals surface area contributed by atoms with Gasteiger partial charge in [-0.25, -0.2) is 4.79 Å². The molecule has 0 atom stereocenters. The Bertz CT molecular complexity index is 590. The number of nitrogens with one attached hydrogen (secondary N) is 2. The monoisotopic (exact) mass is 259 g/mol. The molecule has 0 unspecified atom stereocenters. The molecule has 1 aromatic carbocycles. The third kappa shape index (κ3) is 3.11. The minimum absolute atomic E-state index is 0.316. The van der Waals surface area contributed by atoms with E-state index in [0.29, 0.717) is 12.4 Å². The Morgan fingerprint density at radius 1 is 1.42 bits per heavy atom. The molecule has 2 rings (SSSR count). The Labute approximate surface area is 111 Å². The average molecular weight is 259 g/mol. The number of hydrogen-bond donors (Lipinski definition) is 3. The summed E-state index contributed by atoms with van der Waals surface area (Å²) in [6, 6.07) is 7.27. The smallest absolute Gasteiger partial charge is 0.324 e. The summed E-state index contributed by atoms with van der Waals surface area (Å²) in [6.45, 7) is 2.30. The molecule has 6 nitrogen and oxygen atoms in total. The van der Waals surface area contributed by atoms with Crippen molar-refractivity contribution in [3.63, 3.8) is 0 Å². The number of nitrogens with zero attached hydrogens (tertiary/aromatic N) is 2. The van der Waals surface area contributed by atoms with Crippen LogP contribution >= 0.6 is 0 Å². The fourth-order valence-electron chi connectivity index (χ4n) is 1.79. The van der Waals surface area contributed by atoms with Gasteiger partial charge in [0.15, 0.2) is 0 Å². The van der Waals surface area contributed by atoms with E-state index in [4.69, 9.17) is 5.73 Å². The lowest BCUT2D eigenvalue weighted by Gasteiger charge is -2.09. The number of amides is 2. The van der Waals surface area contributed by atoms with Gasteiger partial charge in [-0.3, -0.25) is 10.00 Å². The lowest BCUT2D eigenvalue weighted by atomic mass is 10.2. The highest BCUT2D eigenvalue weighted by Crippen LogP contribution is 2.14. The summed E-state index contributed by atoms with van der Waals surface area (Å²) in [7, 11) is 1.75. The number of nitrogens with two attached hydrogens (primary N) is 1. The van der Waals surface area contributed by atoms with Gasteiger partial charge < -0.3 is 11.1 Å². The van der Waals surface area contributed by atoms with Gasteiger partial charge in [0, 0.05) is 24.8 Å². The number of hydrogen-bond acceptors (Lipinski definition) is 3. The first-order valence-corrected chi connectivity index (χ1v) is 5.95. The molecular formula is C13H17N5O. The van der Waals surface area contributed by atoms with Gasteiger partial charge in [-0.05, 0) is 24.6 Å². The van der Waals surface area contributed by atoms with Crippen LogP contribution in [0.4, 0.5) is 16.3 Å². The van der Waals surface area contributed by atoms with Crippen LogP contribution in [-0.4, -0.2) is 15.8 Å². The zero-order chi connectivity index (χ0) is 13.8. The predicted octanol–water partition coefficient (Wildman–Crippen LogP) is 1.83. The highest BCUT2D eigenvalue weighted by molar-refractivity contribution is 5.99. The van der Waals surface area contributed by atoms with Crippen LogP contribution in [0.3, 0.4) is 0 Å². The molecule has 0 saturated carbocycles. The van der Waals surface area contributed by atoms with Gasteiger partial charge in [0.2, 0.25) is 0 Å². The van der Waals surface area contributed by atoms with Crippen molar-refractivity contribution in [2.24, 2.45) is 12.8 Å². The molecule has 0 aliphatic carbocycles. The Balaban J connectivity index is 2.07. The number of aromatic nitrogens is 2. The summed E-state index contributed by atoms with van der Waals surface area (Å²) in [5.74, 6) is 0.604. The van der Waals surface area contributed by atoms with Gasteiger partial charge in [0.25, 0.3) is 0 Å². The maximum Gasteiger partial charge on any atom is 0.324 e. The van der Waals surface area contributed by atoms with Gasteiger partial charge in [0.1, 0.15) is 5.82 Å². The number of urea groups is 1. The van der Waals surface area contributed by atoms with Crippen molar-refractivity contribution >= 4 is 17.5 Å². The fourth-order valence-corrected chi connectivity index (χ4v) is 1.79. The number of carbonyl (C=O) groups is 1. The molecule has 100 valence electrons. The zero-order valence-electron chi connectivity index (χ0n) is 11.0. The van der Waals surface area contributed by atoms with E-state index >= 15 is 0 Å². The van der Waals surface area contributed by atoms with E-state index in [1.807, 2.05) is 31.2 Å². The van der Waals surface area contributed by atoms with Crippen LogP contribution < -0.4 is 16.4 Å². The van der Waals surface area contributed by atoms with Crippen LogP contribution in [0.2, 0.25) is 0 Å². The van der Waals surface area contributed by atoms with Gasteiger partial charge in [-0.1, -0.05) is 12.1 Å². The molecule has 4 N–H and O–H groups in total. The van der Waals surface area contributed by atoms with E-state index in [9.17, 15) is 4.79 Å². The van der Waals surface area contributed by atoms with Gasteiger partial charge in [-0.15, -0.1) is 0 Å². The third-order valence-corrected chi connectivity index (χ3v) is 2.74. The first-order chi connectivity index (χ1) is 9.10.